The van der Waals surface area contributed by atoms with E-state index in [1.807, 2.05) is 0 Å². The molecule has 0 aliphatic heterocycles. The lowest BCUT2D eigenvalue weighted by Crippen LogP contribution is -2.19. The Balaban J connectivity index is 3.47. The Morgan fingerprint density at radius 3 is 2.50 bits per heavy atom. The number of hydrogen-bond donors (Lipinski definition) is 1. The third-order valence-electron chi connectivity index (χ3n) is 2.21. The molecule has 0 heterocycles. The summed E-state index contributed by atoms with van der Waals surface area (Å²) < 4.78 is 4.80. The number of nitrogens with zero attached hydrogens (tertiary/aromatic N) is 1. The van der Waals surface area contributed by atoms with Crippen LogP contribution in [-0.2, 0) is 9.53 Å². The molecule has 16 heavy (non-hydrogen) atoms. The number of unbranched alkanes of at least 4 members (excludes halogenated alkanes) is 4. The Hall–Kier alpha value is -1.06. The van der Waals surface area contributed by atoms with E-state index in [0.29, 0.717) is 12.3 Å². The Bertz CT molecular complexity index is 215. The summed E-state index contributed by atoms with van der Waals surface area (Å²) in [4.78, 5) is 11.2. The van der Waals surface area contributed by atoms with Gasteiger partial charge in [0.05, 0.1) is 6.61 Å². The van der Waals surface area contributed by atoms with Gasteiger partial charge in [-0.1, -0.05) is 32.6 Å². The molecule has 0 saturated heterocycles. The second-order valence-corrected chi connectivity index (χ2v) is 3.74. The number of carbonyl (C=O) groups is 1. The van der Waals surface area contributed by atoms with Gasteiger partial charge in [-0.3, -0.25) is 0 Å². The van der Waals surface area contributed by atoms with Crippen LogP contribution in [0.3, 0.4) is 0 Å². The molecular weight excluding hydrogens is 204 g/mol. The molecule has 1 N–H and O–H groups in total. The maximum atomic E-state index is 11.2. The summed E-state index contributed by atoms with van der Waals surface area (Å²) in [7, 11) is 0. The van der Waals surface area contributed by atoms with E-state index < -0.39 is 0 Å². The van der Waals surface area contributed by atoms with E-state index in [4.69, 9.17) is 4.74 Å². The lowest BCUT2D eigenvalue weighted by molar-refractivity contribution is -0.135. The number of hydrazone groups is 1. The second-order valence-electron chi connectivity index (χ2n) is 3.74. The minimum absolute atomic E-state index is 0.346. The van der Waals surface area contributed by atoms with E-state index in [1.165, 1.54) is 25.7 Å². The van der Waals surface area contributed by atoms with Gasteiger partial charge in [0.15, 0.2) is 0 Å². The van der Waals surface area contributed by atoms with Crippen LogP contribution in [-0.4, -0.2) is 24.8 Å². The Labute approximate surface area is 98.4 Å². The van der Waals surface area contributed by atoms with Gasteiger partial charge in [-0.15, -0.1) is 0 Å². The van der Waals surface area contributed by atoms with Crippen molar-refractivity contribution in [3.05, 3.63) is 0 Å². The van der Waals surface area contributed by atoms with Crippen molar-refractivity contribution >= 4 is 11.7 Å². The lowest BCUT2D eigenvalue weighted by Gasteiger charge is -2.03. The number of ether oxygens (including phenoxy) is 1. The molecule has 0 spiro atoms. The van der Waals surface area contributed by atoms with Crippen molar-refractivity contribution < 1.29 is 9.53 Å². The molecule has 0 radical (unpaired) electrons. The van der Waals surface area contributed by atoms with Crippen molar-refractivity contribution in [2.45, 2.75) is 52.9 Å². The molecule has 0 unspecified atom stereocenters. The summed E-state index contributed by atoms with van der Waals surface area (Å²) in [6.45, 7) is 6.85. The first-order valence-electron chi connectivity index (χ1n) is 6.16. The zero-order valence-corrected chi connectivity index (χ0v) is 10.7. The predicted molar refractivity (Wildman–Crippen MR) is 66.5 cm³/mol. The summed E-state index contributed by atoms with van der Waals surface area (Å²) in [5, 5.41) is 3.95. The van der Waals surface area contributed by atoms with Gasteiger partial charge < -0.3 is 10.2 Å². The van der Waals surface area contributed by atoms with Crippen molar-refractivity contribution in [1.82, 2.24) is 5.43 Å². The molecule has 0 aromatic carbocycles. The second kappa shape index (κ2) is 10.5. The fourth-order valence-electron chi connectivity index (χ4n) is 1.26. The van der Waals surface area contributed by atoms with Crippen LogP contribution < -0.4 is 5.43 Å². The van der Waals surface area contributed by atoms with Gasteiger partial charge in [0.25, 0.3) is 0 Å². The third kappa shape index (κ3) is 8.26. The fraction of sp³-hybridized carbons (Fsp3) is 0.833. The first-order valence-corrected chi connectivity index (χ1v) is 6.16. The van der Waals surface area contributed by atoms with Crippen LogP contribution in [0.25, 0.3) is 0 Å². The molecule has 0 aromatic rings. The summed E-state index contributed by atoms with van der Waals surface area (Å²) in [5.74, 6) is -0.346. The minimum Gasteiger partial charge on any atom is -0.461 e. The largest absolute Gasteiger partial charge is 0.461 e. The molecule has 0 bridgehead atoms. The third-order valence-corrected chi connectivity index (χ3v) is 2.21. The number of rotatable bonds is 9. The van der Waals surface area contributed by atoms with Gasteiger partial charge in [0.2, 0.25) is 0 Å². The summed E-state index contributed by atoms with van der Waals surface area (Å²) >= 11 is 0. The molecule has 0 saturated carbocycles. The number of hydrogen-bond acceptors (Lipinski definition) is 4. The van der Waals surface area contributed by atoms with Gasteiger partial charge in [0, 0.05) is 6.54 Å². The summed E-state index contributed by atoms with van der Waals surface area (Å²) in [6.07, 6.45) is 6.14. The van der Waals surface area contributed by atoms with Crippen LogP contribution in [0.2, 0.25) is 0 Å². The highest BCUT2D eigenvalue weighted by molar-refractivity contribution is 6.35. The maximum absolute atomic E-state index is 11.2. The standard InChI is InChI=1S/C12H24N2O2/c1-4-6-7-8-9-10-13-14-11(3)12(15)16-5-2/h13H,4-10H2,1-3H3. The van der Waals surface area contributed by atoms with Crippen LogP contribution in [0.5, 0.6) is 0 Å². The normalized spacial score (nSPS) is 11.3. The van der Waals surface area contributed by atoms with Crippen molar-refractivity contribution in [2.24, 2.45) is 5.10 Å². The molecule has 94 valence electrons. The van der Waals surface area contributed by atoms with E-state index >= 15 is 0 Å². The van der Waals surface area contributed by atoms with E-state index in [1.54, 1.807) is 13.8 Å². The average Bonchev–Trinajstić information content (AvgIpc) is 2.28. The molecule has 0 aromatic heterocycles. The topological polar surface area (TPSA) is 50.7 Å². The van der Waals surface area contributed by atoms with Gasteiger partial charge in [-0.05, 0) is 20.3 Å². The Morgan fingerprint density at radius 2 is 1.88 bits per heavy atom. The van der Waals surface area contributed by atoms with Crippen molar-refractivity contribution in [3.63, 3.8) is 0 Å². The van der Waals surface area contributed by atoms with E-state index in [2.05, 4.69) is 17.5 Å². The Kier molecular flexibility index (Phi) is 9.76. The number of carbonyl (C=O) groups excluding carboxylic acids is 1. The van der Waals surface area contributed by atoms with Crippen LogP contribution in [0.4, 0.5) is 0 Å². The van der Waals surface area contributed by atoms with Gasteiger partial charge in [-0.25, -0.2) is 4.79 Å². The molecule has 0 atom stereocenters. The summed E-state index contributed by atoms with van der Waals surface area (Å²) in [6, 6.07) is 0. The highest BCUT2D eigenvalue weighted by atomic mass is 16.5. The van der Waals surface area contributed by atoms with E-state index in [9.17, 15) is 4.79 Å². The van der Waals surface area contributed by atoms with Crippen molar-refractivity contribution in [1.29, 1.82) is 0 Å². The molecule has 4 nitrogen and oxygen atoms in total. The molecule has 0 rings (SSSR count). The lowest BCUT2D eigenvalue weighted by atomic mass is 10.2. The molecule has 0 aliphatic carbocycles. The van der Waals surface area contributed by atoms with Gasteiger partial charge in [-0.2, -0.15) is 5.10 Å². The fourth-order valence-corrected chi connectivity index (χ4v) is 1.26. The van der Waals surface area contributed by atoms with Crippen molar-refractivity contribution in [3.8, 4) is 0 Å². The van der Waals surface area contributed by atoms with Crippen LogP contribution in [0, 0.1) is 0 Å². The molecule has 0 amide bonds. The highest BCUT2D eigenvalue weighted by Crippen LogP contribution is 2.00. The van der Waals surface area contributed by atoms with Crippen molar-refractivity contribution in [2.75, 3.05) is 13.2 Å². The predicted octanol–water partition coefficient (Wildman–Crippen LogP) is 2.49. The first kappa shape index (κ1) is 14.9. The van der Waals surface area contributed by atoms with Gasteiger partial charge in [0.1, 0.15) is 5.71 Å². The SMILES string of the molecule is CCCCCCCNN=C(C)C(=O)OCC. The number of nitrogens with one attached hydrogen (secondary N) is 1. The first-order chi connectivity index (χ1) is 7.72. The quantitative estimate of drug-likeness (QED) is 0.285. The van der Waals surface area contributed by atoms with Gasteiger partial charge >= 0.3 is 5.97 Å². The highest BCUT2D eigenvalue weighted by Gasteiger charge is 2.04. The molecular formula is C12H24N2O2. The van der Waals surface area contributed by atoms with Crippen LogP contribution >= 0.6 is 0 Å². The molecule has 0 aliphatic rings. The zero-order valence-electron chi connectivity index (χ0n) is 10.7. The molecule has 0 fully saturated rings. The zero-order chi connectivity index (χ0) is 12.2. The van der Waals surface area contributed by atoms with Crippen LogP contribution in [0.1, 0.15) is 52.9 Å². The molecule has 4 heteroatoms. The van der Waals surface area contributed by atoms with Crippen LogP contribution in [0.15, 0.2) is 5.10 Å². The number of esters is 1. The Morgan fingerprint density at radius 1 is 1.19 bits per heavy atom. The monoisotopic (exact) mass is 228 g/mol. The minimum atomic E-state index is -0.346. The summed E-state index contributed by atoms with van der Waals surface area (Å²) in [5.41, 5.74) is 3.27. The maximum Gasteiger partial charge on any atom is 0.354 e. The van der Waals surface area contributed by atoms with E-state index in [-0.39, 0.29) is 5.97 Å². The average molecular weight is 228 g/mol. The van der Waals surface area contributed by atoms with E-state index in [0.717, 1.165) is 13.0 Å². The smallest absolute Gasteiger partial charge is 0.354 e.